The third-order valence-electron chi connectivity index (χ3n) is 4.01. The van der Waals surface area contributed by atoms with Crippen molar-refractivity contribution in [1.82, 2.24) is 20.9 Å². The van der Waals surface area contributed by atoms with Crippen LogP contribution in [0.1, 0.15) is 40.0 Å². The van der Waals surface area contributed by atoms with Crippen LogP contribution in [0, 0.1) is 0 Å². The van der Waals surface area contributed by atoms with Crippen molar-refractivity contribution in [3.63, 3.8) is 0 Å². The fourth-order valence-corrected chi connectivity index (χ4v) is 2.40. The lowest BCUT2D eigenvalue weighted by molar-refractivity contribution is -0.121. The number of nitrogens with zero attached hydrogens (tertiary/aromatic N) is 2. The molecule has 1 aliphatic heterocycles. The van der Waals surface area contributed by atoms with E-state index in [0.717, 1.165) is 64.7 Å². The van der Waals surface area contributed by atoms with Gasteiger partial charge in [-0.05, 0) is 26.7 Å². The average Bonchev–Trinajstić information content (AvgIpc) is 2.59. The Kier molecular flexibility index (Phi) is 15.2. The summed E-state index contributed by atoms with van der Waals surface area (Å²) in [6.07, 6.45) is 2.44. The van der Waals surface area contributed by atoms with Gasteiger partial charge in [0.2, 0.25) is 5.91 Å². The maximum absolute atomic E-state index is 11.8. The normalized spacial score (nSPS) is 16.7. The largest absolute Gasteiger partial charge is 0.379 e. The van der Waals surface area contributed by atoms with Gasteiger partial charge in [-0.2, -0.15) is 0 Å². The zero-order valence-electron chi connectivity index (χ0n) is 16.0. The van der Waals surface area contributed by atoms with Crippen molar-refractivity contribution >= 4 is 35.8 Å². The van der Waals surface area contributed by atoms with Gasteiger partial charge in [0.15, 0.2) is 5.96 Å². The van der Waals surface area contributed by atoms with E-state index in [1.165, 1.54) is 0 Å². The van der Waals surface area contributed by atoms with Crippen molar-refractivity contribution in [3.05, 3.63) is 0 Å². The monoisotopic (exact) mass is 469 g/mol. The highest BCUT2D eigenvalue weighted by atomic mass is 127. The molecule has 1 aliphatic rings. The van der Waals surface area contributed by atoms with Gasteiger partial charge in [-0.15, -0.1) is 24.0 Å². The molecule has 0 aliphatic carbocycles. The van der Waals surface area contributed by atoms with Gasteiger partial charge in [0.05, 0.1) is 13.2 Å². The molecule has 25 heavy (non-hydrogen) atoms. The number of ether oxygens (including phenoxy) is 1. The summed E-state index contributed by atoms with van der Waals surface area (Å²) >= 11 is 0. The molecule has 0 spiro atoms. The number of guanidine groups is 1. The van der Waals surface area contributed by atoms with Crippen LogP contribution in [0.5, 0.6) is 0 Å². The predicted octanol–water partition coefficient (Wildman–Crippen LogP) is 1.19. The number of morpholine rings is 1. The molecule has 3 N–H and O–H groups in total. The predicted molar refractivity (Wildman–Crippen MR) is 114 cm³/mol. The van der Waals surface area contributed by atoms with Gasteiger partial charge in [0.1, 0.15) is 0 Å². The van der Waals surface area contributed by atoms with Crippen molar-refractivity contribution in [2.75, 3.05) is 52.5 Å². The van der Waals surface area contributed by atoms with Crippen LogP contribution in [-0.4, -0.2) is 75.3 Å². The summed E-state index contributed by atoms with van der Waals surface area (Å²) in [7, 11) is 0. The summed E-state index contributed by atoms with van der Waals surface area (Å²) in [5.74, 6) is 0.871. The average molecular weight is 469 g/mol. The molecule has 0 aromatic rings. The summed E-state index contributed by atoms with van der Waals surface area (Å²) in [5.41, 5.74) is 0. The standard InChI is InChI=1S/C17H35N5O2.HI/c1-4-15(3)21-16(23)7-9-20-17(18-5-2)19-8-6-10-22-11-13-24-14-12-22;/h15H,4-14H2,1-3H3,(H,21,23)(H2,18,19,20);1H. The Labute approximate surface area is 169 Å². The Hall–Kier alpha value is -0.610. The third-order valence-corrected chi connectivity index (χ3v) is 4.01. The summed E-state index contributed by atoms with van der Waals surface area (Å²) in [6.45, 7) is 13.1. The van der Waals surface area contributed by atoms with Crippen LogP contribution < -0.4 is 16.0 Å². The van der Waals surface area contributed by atoms with Crippen molar-refractivity contribution in [2.45, 2.75) is 46.1 Å². The van der Waals surface area contributed by atoms with E-state index in [1.807, 2.05) is 13.8 Å². The Balaban J connectivity index is 0.00000576. The Morgan fingerprint density at radius 1 is 1.24 bits per heavy atom. The highest BCUT2D eigenvalue weighted by molar-refractivity contribution is 14.0. The molecule has 1 atom stereocenters. The molecule has 0 bridgehead atoms. The SMILES string of the molecule is CCNC(=NCCCN1CCOCC1)NCCC(=O)NC(C)CC.I. The topological polar surface area (TPSA) is 78.0 Å². The zero-order valence-corrected chi connectivity index (χ0v) is 18.3. The highest BCUT2D eigenvalue weighted by Gasteiger charge is 2.09. The Morgan fingerprint density at radius 3 is 2.60 bits per heavy atom. The molecule has 1 amide bonds. The van der Waals surface area contributed by atoms with Gasteiger partial charge in [0.25, 0.3) is 0 Å². The van der Waals surface area contributed by atoms with Crippen LogP contribution in [0.3, 0.4) is 0 Å². The van der Waals surface area contributed by atoms with E-state index >= 15 is 0 Å². The van der Waals surface area contributed by atoms with E-state index in [0.29, 0.717) is 13.0 Å². The maximum atomic E-state index is 11.8. The lowest BCUT2D eigenvalue weighted by Gasteiger charge is -2.26. The van der Waals surface area contributed by atoms with Crippen LogP contribution >= 0.6 is 24.0 Å². The number of carbonyl (C=O) groups is 1. The van der Waals surface area contributed by atoms with E-state index in [9.17, 15) is 4.79 Å². The zero-order chi connectivity index (χ0) is 17.6. The van der Waals surface area contributed by atoms with Crippen molar-refractivity contribution < 1.29 is 9.53 Å². The Morgan fingerprint density at radius 2 is 1.96 bits per heavy atom. The van der Waals surface area contributed by atoms with E-state index in [1.54, 1.807) is 0 Å². The van der Waals surface area contributed by atoms with Crippen molar-refractivity contribution in [2.24, 2.45) is 4.99 Å². The lowest BCUT2D eigenvalue weighted by atomic mass is 10.2. The minimum absolute atomic E-state index is 0. The number of rotatable bonds is 10. The van der Waals surface area contributed by atoms with Gasteiger partial charge in [-0.3, -0.25) is 14.7 Å². The molecule has 0 radical (unpaired) electrons. The van der Waals surface area contributed by atoms with Crippen LogP contribution in [-0.2, 0) is 9.53 Å². The fourth-order valence-electron chi connectivity index (χ4n) is 2.40. The molecule has 0 saturated carbocycles. The van der Waals surface area contributed by atoms with Crippen LogP contribution in [0.2, 0.25) is 0 Å². The minimum Gasteiger partial charge on any atom is -0.379 e. The molecule has 0 aromatic carbocycles. The fraction of sp³-hybridized carbons (Fsp3) is 0.882. The molecule has 1 rings (SSSR count). The number of carbonyl (C=O) groups excluding carboxylic acids is 1. The number of amides is 1. The maximum Gasteiger partial charge on any atom is 0.221 e. The molecule has 1 heterocycles. The molecule has 1 fully saturated rings. The molecule has 1 saturated heterocycles. The molecule has 148 valence electrons. The number of halogens is 1. The highest BCUT2D eigenvalue weighted by Crippen LogP contribution is 1.98. The van der Waals surface area contributed by atoms with Crippen LogP contribution in [0.4, 0.5) is 0 Å². The number of hydrogen-bond acceptors (Lipinski definition) is 4. The van der Waals surface area contributed by atoms with Gasteiger partial charge in [0, 0.05) is 51.7 Å². The molecule has 1 unspecified atom stereocenters. The van der Waals surface area contributed by atoms with E-state index < -0.39 is 0 Å². The van der Waals surface area contributed by atoms with Gasteiger partial charge in [-0.1, -0.05) is 6.92 Å². The van der Waals surface area contributed by atoms with Crippen LogP contribution in [0.15, 0.2) is 4.99 Å². The number of hydrogen-bond donors (Lipinski definition) is 3. The number of nitrogens with one attached hydrogen (secondary N) is 3. The second kappa shape index (κ2) is 15.6. The summed E-state index contributed by atoms with van der Waals surface area (Å²) < 4.78 is 5.35. The molecule has 8 heteroatoms. The molecular formula is C17H36IN5O2. The van der Waals surface area contributed by atoms with E-state index in [-0.39, 0.29) is 35.9 Å². The second-order valence-corrected chi connectivity index (χ2v) is 6.12. The first-order valence-corrected chi connectivity index (χ1v) is 9.27. The first kappa shape index (κ1) is 24.4. The molecule has 7 nitrogen and oxygen atoms in total. The van der Waals surface area contributed by atoms with Gasteiger partial charge < -0.3 is 20.7 Å². The molecule has 0 aromatic heterocycles. The molecular weight excluding hydrogens is 433 g/mol. The quantitative estimate of drug-likeness (QED) is 0.194. The Bertz CT molecular complexity index is 376. The number of aliphatic imine (C=N–C) groups is 1. The lowest BCUT2D eigenvalue weighted by Crippen LogP contribution is -2.40. The second-order valence-electron chi connectivity index (χ2n) is 6.12. The third kappa shape index (κ3) is 12.4. The van der Waals surface area contributed by atoms with Crippen molar-refractivity contribution in [1.29, 1.82) is 0 Å². The summed E-state index contributed by atoms with van der Waals surface area (Å²) in [5, 5.41) is 9.42. The van der Waals surface area contributed by atoms with Crippen LogP contribution in [0.25, 0.3) is 0 Å². The van der Waals surface area contributed by atoms with Gasteiger partial charge in [-0.25, -0.2) is 0 Å². The van der Waals surface area contributed by atoms with Gasteiger partial charge >= 0.3 is 0 Å². The first-order valence-electron chi connectivity index (χ1n) is 9.27. The summed E-state index contributed by atoms with van der Waals surface area (Å²) in [4.78, 5) is 18.8. The van der Waals surface area contributed by atoms with Crippen molar-refractivity contribution in [3.8, 4) is 0 Å². The van der Waals surface area contributed by atoms with E-state index in [2.05, 4.69) is 32.8 Å². The smallest absolute Gasteiger partial charge is 0.221 e. The summed E-state index contributed by atoms with van der Waals surface area (Å²) in [6, 6.07) is 0.236. The minimum atomic E-state index is 0. The first-order chi connectivity index (χ1) is 11.7. The van der Waals surface area contributed by atoms with E-state index in [4.69, 9.17) is 4.74 Å².